The number of thioether (sulfide) groups is 1. The lowest BCUT2D eigenvalue weighted by atomic mass is 10.2. The van der Waals surface area contributed by atoms with Gasteiger partial charge in [0, 0.05) is 11.4 Å². The number of hydrogen-bond acceptors (Lipinski definition) is 3. The van der Waals surface area contributed by atoms with Gasteiger partial charge in [-0.3, -0.25) is 9.69 Å². The molecule has 5 heteroatoms. The van der Waals surface area contributed by atoms with Gasteiger partial charge in [-0.2, -0.15) is 0 Å². The summed E-state index contributed by atoms with van der Waals surface area (Å²) in [5.41, 5.74) is 1.35. The predicted octanol–water partition coefficient (Wildman–Crippen LogP) is 3.62. The summed E-state index contributed by atoms with van der Waals surface area (Å²) in [6.45, 7) is 0.873. The minimum Gasteiger partial charge on any atom is -0.322 e. The van der Waals surface area contributed by atoms with Gasteiger partial charge in [0.25, 0.3) is 0 Å². The molecule has 0 atom stereocenters. The van der Waals surface area contributed by atoms with E-state index in [1.165, 1.54) is 11.0 Å². The maximum Gasteiger partial charge on any atom is 0.238 e. The molecule has 0 aliphatic heterocycles. The van der Waals surface area contributed by atoms with Gasteiger partial charge in [-0.05, 0) is 43.1 Å². The Kier molecular flexibility index (Phi) is 5.98. The molecule has 0 aliphatic carbocycles. The molecule has 22 heavy (non-hydrogen) atoms. The average molecular weight is 318 g/mol. The van der Waals surface area contributed by atoms with Crippen molar-refractivity contribution in [2.45, 2.75) is 11.4 Å². The Bertz CT molecular complexity index is 631. The summed E-state index contributed by atoms with van der Waals surface area (Å²) in [6, 6.07) is 14.4. The number of nitrogens with one attached hydrogen (secondary N) is 1. The van der Waals surface area contributed by atoms with E-state index in [-0.39, 0.29) is 18.1 Å². The van der Waals surface area contributed by atoms with E-state index in [0.29, 0.717) is 6.54 Å². The molecule has 0 radical (unpaired) electrons. The monoisotopic (exact) mass is 318 g/mol. The molecular weight excluding hydrogens is 299 g/mol. The van der Waals surface area contributed by atoms with E-state index in [1.807, 2.05) is 18.2 Å². The van der Waals surface area contributed by atoms with Crippen molar-refractivity contribution in [1.82, 2.24) is 4.90 Å². The fourth-order valence-electron chi connectivity index (χ4n) is 2.10. The van der Waals surface area contributed by atoms with Gasteiger partial charge in [0.1, 0.15) is 5.82 Å². The first-order chi connectivity index (χ1) is 10.6. The summed E-state index contributed by atoms with van der Waals surface area (Å²) < 4.78 is 13.5. The van der Waals surface area contributed by atoms with Crippen LogP contribution in [0.15, 0.2) is 53.4 Å². The van der Waals surface area contributed by atoms with E-state index in [4.69, 9.17) is 0 Å². The van der Waals surface area contributed by atoms with Crippen LogP contribution in [0, 0.1) is 5.82 Å². The minimum absolute atomic E-state index is 0.207. The molecule has 0 saturated carbocycles. The molecule has 116 valence electrons. The maximum atomic E-state index is 13.5. The average Bonchev–Trinajstić information content (AvgIpc) is 2.50. The van der Waals surface area contributed by atoms with Crippen molar-refractivity contribution in [3.63, 3.8) is 0 Å². The van der Waals surface area contributed by atoms with E-state index in [0.717, 1.165) is 5.56 Å². The first-order valence-corrected chi connectivity index (χ1v) is 8.17. The van der Waals surface area contributed by atoms with Crippen molar-refractivity contribution < 1.29 is 9.18 Å². The van der Waals surface area contributed by atoms with E-state index < -0.39 is 5.82 Å². The highest BCUT2D eigenvalue weighted by Crippen LogP contribution is 2.16. The molecule has 0 aliphatic rings. The molecule has 2 rings (SSSR count). The van der Waals surface area contributed by atoms with Crippen LogP contribution < -0.4 is 5.32 Å². The minimum atomic E-state index is -0.425. The van der Waals surface area contributed by atoms with Crippen LogP contribution in [-0.2, 0) is 11.3 Å². The Hall–Kier alpha value is -1.85. The van der Waals surface area contributed by atoms with Gasteiger partial charge in [0.2, 0.25) is 5.91 Å². The largest absolute Gasteiger partial charge is 0.322 e. The molecule has 0 heterocycles. The Balaban J connectivity index is 1.87. The number of rotatable bonds is 6. The first-order valence-electron chi connectivity index (χ1n) is 6.94. The molecule has 1 amide bonds. The highest BCUT2D eigenvalue weighted by Gasteiger charge is 2.09. The topological polar surface area (TPSA) is 32.3 Å². The number of carbonyl (C=O) groups is 1. The molecular formula is C17H19FN2OS. The van der Waals surface area contributed by atoms with Gasteiger partial charge < -0.3 is 5.32 Å². The van der Waals surface area contributed by atoms with Crippen LogP contribution in [0.4, 0.5) is 10.1 Å². The van der Waals surface area contributed by atoms with E-state index >= 15 is 0 Å². The molecule has 0 aromatic heterocycles. The van der Waals surface area contributed by atoms with Gasteiger partial charge in [0.05, 0.1) is 12.2 Å². The number of hydrogen-bond donors (Lipinski definition) is 1. The Morgan fingerprint density at radius 3 is 2.50 bits per heavy atom. The maximum absolute atomic E-state index is 13.5. The normalized spacial score (nSPS) is 10.7. The van der Waals surface area contributed by atoms with Crippen LogP contribution in [0.3, 0.4) is 0 Å². The Labute approximate surface area is 134 Å². The summed E-state index contributed by atoms with van der Waals surface area (Å²) >= 11 is 1.70. The molecule has 3 nitrogen and oxygen atoms in total. The van der Waals surface area contributed by atoms with Crippen molar-refractivity contribution in [3.05, 3.63) is 59.9 Å². The number of halogens is 1. The lowest BCUT2D eigenvalue weighted by molar-refractivity contribution is -0.117. The summed E-state index contributed by atoms with van der Waals surface area (Å²) in [4.78, 5) is 15.0. The number of amides is 1. The first kappa shape index (κ1) is 16.5. The fourth-order valence-corrected chi connectivity index (χ4v) is 2.50. The number of carbonyl (C=O) groups excluding carboxylic acids is 1. The van der Waals surface area contributed by atoms with Crippen LogP contribution in [0.25, 0.3) is 0 Å². The van der Waals surface area contributed by atoms with Crippen molar-refractivity contribution in [1.29, 1.82) is 0 Å². The summed E-state index contributed by atoms with van der Waals surface area (Å²) in [7, 11) is 1.86. The Morgan fingerprint density at radius 2 is 1.86 bits per heavy atom. The lowest BCUT2D eigenvalue weighted by Crippen LogP contribution is -2.30. The zero-order valence-corrected chi connectivity index (χ0v) is 13.5. The van der Waals surface area contributed by atoms with Crippen molar-refractivity contribution in [2.24, 2.45) is 0 Å². The molecule has 2 aromatic carbocycles. The second kappa shape index (κ2) is 7.96. The van der Waals surface area contributed by atoms with Crippen LogP contribution >= 0.6 is 11.8 Å². The zero-order valence-electron chi connectivity index (χ0n) is 12.7. The second-order valence-corrected chi connectivity index (χ2v) is 5.93. The smallest absolute Gasteiger partial charge is 0.238 e. The second-order valence-electron chi connectivity index (χ2n) is 5.05. The third-order valence-corrected chi connectivity index (χ3v) is 3.92. The SMILES string of the molecule is CSc1ccc(CN(C)CC(=O)Nc2ccccc2F)cc1. The molecule has 0 unspecified atom stereocenters. The third kappa shape index (κ3) is 4.86. The molecule has 0 spiro atoms. The number of likely N-dealkylation sites (N-methyl/N-ethyl adjacent to an activating group) is 1. The number of benzene rings is 2. The van der Waals surface area contributed by atoms with Gasteiger partial charge >= 0.3 is 0 Å². The van der Waals surface area contributed by atoms with Gasteiger partial charge in [0.15, 0.2) is 0 Å². The molecule has 1 N–H and O–H groups in total. The van der Waals surface area contributed by atoms with Crippen molar-refractivity contribution in [3.8, 4) is 0 Å². The number of nitrogens with zero attached hydrogens (tertiary/aromatic N) is 1. The van der Waals surface area contributed by atoms with Crippen LogP contribution in [-0.4, -0.2) is 30.7 Å². The molecule has 0 saturated heterocycles. The van der Waals surface area contributed by atoms with Gasteiger partial charge in [-0.25, -0.2) is 4.39 Å². The van der Waals surface area contributed by atoms with Crippen LogP contribution in [0.2, 0.25) is 0 Å². The quantitative estimate of drug-likeness (QED) is 0.826. The highest BCUT2D eigenvalue weighted by molar-refractivity contribution is 7.98. The molecule has 0 fully saturated rings. The third-order valence-electron chi connectivity index (χ3n) is 3.17. The summed E-state index contributed by atoms with van der Waals surface area (Å²) in [5.74, 6) is -0.653. The van der Waals surface area contributed by atoms with Crippen molar-refractivity contribution in [2.75, 3.05) is 25.2 Å². The summed E-state index contributed by atoms with van der Waals surface area (Å²) in [5, 5.41) is 2.59. The Morgan fingerprint density at radius 1 is 1.18 bits per heavy atom. The van der Waals surface area contributed by atoms with Gasteiger partial charge in [-0.15, -0.1) is 11.8 Å². The number of anilines is 1. The molecule has 0 bridgehead atoms. The van der Waals surface area contributed by atoms with Crippen molar-refractivity contribution >= 4 is 23.4 Å². The fraction of sp³-hybridized carbons (Fsp3) is 0.235. The highest BCUT2D eigenvalue weighted by atomic mass is 32.2. The predicted molar refractivity (Wildman–Crippen MR) is 89.6 cm³/mol. The van der Waals surface area contributed by atoms with Gasteiger partial charge in [-0.1, -0.05) is 24.3 Å². The summed E-state index contributed by atoms with van der Waals surface area (Å²) in [6.07, 6.45) is 2.04. The molecule has 2 aromatic rings. The van der Waals surface area contributed by atoms with E-state index in [2.05, 4.69) is 29.6 Å². The van der Waals surface area contributed by atoms with E-state index in [9.17, 15) is 9.18 Å². The van der Waals surface area contributed by atoms with E-state index in [1.54, 1.807) is 30.0 Å². The van der Waals surface area contributed by atoms with Crippen LogP contribution in [0.5, 0.6) is 0 Å². The van der Waals surface area contributed by atoms with Crippen LogP contribution in [0.1, 0.15) is 5.56 Å². The zero-order chi connectivity index (χ0) is 15.9. The lowest BCUT2D eigenvalue weighted by Gasteiger charge is -2.16. The number of para-hydroxylation sites is 1. The standard InChI is InChI=1S/C17H19FN2OS/c1-20(11-13-7-9-14(22-2)10-8-13)12-17(21)19-16-6-4-3-5-15(16)18/h3-10H,11-12H2,1-2H3,(H,19,21).